The van der Waals surface area contributed by atoms with E-state index in [2.05, 4.69) is 32.9 Å². The van der Waals surface area contributed by atoms with E-state index in [-0.39, 0.29) is 31.0 Å². The van der Waals surface area contributed by atoms with Crippen LogP contribution in [0.4, 0.5) is 5.69 Å². The molecule has 214 valence electrons. The van der Waals surface area contributed by atoms with E-state index in [1.807, 2.05) is 75.4 Å². The Morgan fingerprint density at radius 2 is 1.50 bits per heavy atom. The molecule has 0 heterocycles. The molecule has 0 aliphatic heterocycles. The number of rotatable bonds is 10. The van der Waals surface area contributed by atoms with Gasteiger partial charge in [0, 0.05) is 19.7 Å². The fourth-order valence-corrected chi connectivity index (χ4v) is 4.45. The predicted octanol–water partition coefficient (Wildman–Crippen LogP) is 7.02. The van der Waals surface area contributed by atoms with Gasteiger partial charge >= 0.3 is 5.97 Å². The number of likely N-dealkylation sites (N-methyl/N-ethyl adjacent to an activating group) is 1. The SMILES string of the molecule is CN(CC(=O)N(CC(=O)OC(C)(C)C)Cc1cccc(C(C)(C)C)c1)c1ccc(OCc2ccccc2)cc1Cl. The van der Waals surface area contributed by atoms with Crippen LogP contribution in [0.5, 0.6) is 5.75 Å². The van der Waals surface area contributed by atoms with E-state index in [0.29, 0.717) is 23.1 Å². The predicted molar refractivity (Wildman–Crippen MR) is 162 cm³/mol. The highest BCUT2D eigenvalue weighted by molar-refractivity contribution is 6.33. The number of hydrogen-bond acceptors (Lipinski definition) is 5. The maximum atomic E-state index is 13.6. The number of ether oxygens (including phenoxy) is 2. The van der Waals surface area contributed by atoms with Crippen LogP contribution in [0.2, 0.25) is 5.02 Å². The van der Waals surface area contributed by atoms with Crippen molar-refractivity contribution in [2.45, 2.75) is 65.7 Å². The first kappa shape index (κ1) is 31.0. The minimum atomic E-state index is -0.646. The molecule has 0 spiro atoms. The first-order valence-electron chi connectivity index (χ1n) is 13.5. The van der Waals surface area contributed by atoms with Gasteiger partial charge in [0.2, 0.25) is 5.91 Å². The minimum Gasteiger partial charge on any atom is -0.489 e. The Morgan fingerprint density at radius 1 is 0.825 bits per heavy atom. The average molecular weight is 565 g/mol. The second kappa shape index (κ2) is 13.2. The Balaban J connectivity index is 1.74. The maximum Gasteiger partial charge on any atom is 0.326 e. The van der Waals surface area contributed by atoms with E-state index < -0.39 is 11.6 Å². The molecule has 0 fully saturated rings. The van der Waals surface area contributed by atoms with Crippen molar-refractivity contribution in [2.24, 2.45) is 0 Å². The molecular weight excluding hydrogens is 524 g/mol. The molecule has 0 aromatic heterocycles. The van der Waals surface area contributed by atoms with Crippen LogP contribution in [0.25, 0.3) is 0 Å². The van der Waals surface area contributed by atoms with Gasteiger partial charge in [-0.25, -0.2) is 0 Å². The molecule has 1 amide bonds. The first-order valence-corrected chi connectivity index (χ1v) is 13.9. The second-order valence-corrected chi connectivity index (χ2v) is 12.4. The maximum absolute atomic E-state index is 13.6. The van der Waals surface area contributed by atoms with E-state index >= 15 is 0 Å². The summed E-state index contributed by atoms with van der Waals surface area (Å²) in [5.41, 5.74) is 3.17. The molecule has 3 rings (SSSR count). The summed E-state index contributed by atoms with van der Waals surface area (Å²) in [5.74, 6) is -0.0222. The summed E-state index contributed by atoms with van der Waals surface area (Å²) in [6.07, 6.45) is 0. The molecule has 0 atom stereocenters. The quantitative estimate of drug-likeness (QED) is 0.248. The van der Waals surface area contributed by atoms with Crippen LogP contribution in [-0.2, 0) is 32.9 Å². The summed E-state index contributed by atoms with van der Waals surface area (Å²) in [7, 11) is 1.80. The van der Waals surface area contributed by atoms with E-state index in [1.54, 1.807) is 18.0 Å². The molecule has 0 aliphatic rings. The average Bonchev–Trinajstić information content (AvgIpc) is 2.86. The molecule has 0 aliphatic carbocycles. The van der Waals surface area contributed by atoms with Crippen molar-refractivity contribution in [1.29, 1.82) is 0 Å². The van der Waals surface area contributed by atoms with Gasteiger partial charge in [0.1, 0.15) is 24.5 Å². The number of carbonyl (C=O) groups excluding carboxylic acids is 2. The molecular formula is C33H41ClN2O4. The summed E-state index contributed by atoms with van der Waals surface area (Å²) >= 11 is 6.60. The van der Waals surface area contributed by atoms with Gasteiger partial charge in [-0.05, 0) is 55.0 Å². The lowest BCUT2D eigenvalue weighted by molar-refractivity contribution is -0.159. The Morgan fingerprint density at radius 3 is 2.12 bits per heavy atom. The van der Waals surface area contributed by atoms with Crippen LogP contribution in [0.3, 0.4) is 0 Å². The van der Waals surface area contributed by atoms with Gasteiger partial charge in [-0.3, -0.25) is 9.59 Å². The molecule has 0 unspecified atom stereocenters. The number of halogens is 1. The van der Waals surface area contributed by atoms with E-state index in [0.717, 1.165) is 16.7 Å². The summed E-state index contributed by atoms with van der Waals surface area (Å²) < 4.78 is 11.4. The number of anilines is 1. The Labute approximate surface area is 243 Å². The number of hydrogen-bond donors (Lipinski definition) is 0. The van der Waals surface area contributed by atoms with Crippen molar-refractivity contribution in [2.75, 3.05) is 25.0 Å². The summed E-state index contributed by atoms with van der Waals surface area (Å²) in [4.78, 5) is 29.6. The lowest BCUT2D eigenvalue weighted by Crippen LogP contribution is -2.43. The topological polar surface area (TPSA) is 59.1 Å². The van der Waals surface area contributed by atoms with Gasteiger partial charge in [0.25, 0.3) is 0 Å². The van der Waals surface area contributed by atoms with E-state index in [9.17, 15) is 9.59 Å². The molecule has 0 bridgehead atoms. The van der Waals surface area contributed by atoms with Gasteiger partial charge in [-0.2, -0.15) is 0 Å². The monoisotopic (exact) mass is 564 g/mol. The van der Waals surface area contributed by atoms with Crippen molar-refractivity contribution in [3.63, 3.8) is 0 Å². The largest absolute Gasteiger partial charge is 0.489 e. The number of carbonyl (C=O) groups is 2. The Hall–Kier alpha value is -3.51. The zero-order valence-corrected chi connectivity index (χ0v) is 25.4. The minimum absolute atomic E-state index is 0.0334. The standard InChI is InChI=1S/C33H41ClN2O4/c1-32(2,3)26-15-11-14-25(18-26)20-36(22-31(38)40-33(4,5)6)30(37)21-35(7)29-17-16-27(19-28(29)34)39-23-24-12-9-8-10-13-24/h8-19H,20-23H2,1-7H3. The van der Waals surface area contributed by atoms with Gasteiger partial charge in [0.05, 0.1) is 17.3 Å². The zero-order valence-electron chi connectivity index (χ0n) is 24.7. The van der Waals surface area contributed by atoms with E-state index in [1.165, 1.54) is 4.90 Å². The van der Waals surface area contributed by atoms with Crippen molar-refractivity contribution >= 4 is 29.2 Å². The molecule has 3 aromatic rings. The summed E-state index contributed by atoms with van der Waals surface area (Å²) in [5, 5.41) is 0.470. The number of nitrogens with zero attached hydrogens (tertiary/aromatic N) is 2. The number of esters is 1. The van der Waals surface area contributed by atoms with Crippen LogP contribution < -0.4 is 9.64 Å². The molecule has 0 saturated carbocycles. The Bertz CT molecular complexity index is 1300. The van der Waals surface area contributed by atoms with Crippen molar-refractivity contribution in [3.05, 3.63) is 94.5 Å². The van der Waals surface area contributed by atoms with Crippen LogP contribution in [0.15, 0.2) is 72.8 Å². The highest BCUT2D eigenvalue weighted by Crippen LogP contribution is 2.30. The summed E-state index contributed by atoms with van der Waals surface area (Å²) in [6.45, 7) is 12.5. The Kier molecular flexibility index (Phi) is 10.3. The number of amides is 1. The second-order valence-electron chi connectivity index (χ2n) is 12.0. The highest BCUT2D eigenvalue weighted by atomic mass is 35.5. The highest BCUT2D eigenvalue weighted by Gasteiger charge is 2.24. The molecule has 7 heteroatoms. The molecule has 6 nitrogen and oxygen atoms in total. The van der Waals surface area contributed by atoms with Crippen molar-refractivity contribution < 1.29 is 19.1 Å². The fraction of sp³-hybridized carbons (Fsp3) is 0.394. The fourth-order valence-electron chi connectivity index (χ4n) is 4.13. The third-order valence-electron chi connectivity index (χ3n) is 6.21. The number of benzene rings is 3. The normalized spacial score (nSPS) is 11.6. The molecule has 0 saturated heterocycles. The first-order chi connectivity index (χ1) is 18.7. The van der Waals surface area contributed by atoms with Crippen LogP contribution in [-0.4, -0.2) is 42.5 Å². The van der Waals surface area contributed by atoms with E-state index in [4.69, 9.17) is 21.1 Å². The van der Waals surface area contributed by atoms with Crippen molar-refractivity contribution in [1.82, 2.24) is 4.90 Å². The third kappa shape index (κ3) is 9.60. The zero-order chi connectivity index (χ0) is 29.5. The van der Waals surface area contributed by atoms with Crippen LogP contribution in [0, 0.1) is 0 Å². The lowest BCUT2D eigenvalue weighted by atomic mass is 9.86. The summed E-state index contributed by atoms with van der Waals surface area (Å²) in [6, 6.07) is 23.4. The third-order valence-corrected chi connectivity index (χ3v) is 6.51. The smallest absolute Gasteiger partial charge is 0.326 e. The van der Waals surface area contributed by atoms with Gasteiger partial charge in [-0.1, -0.05) is 87.0 Å². The lowest BCUT2D eigenvalue weighted by Gasteiger charge is -2.28. The van der Waals surface area contributed by atoms with Crippen LogP contribution in [0.1, 0.15) is 58.2 Å². The molecule has 0 radical (unpaired) electrons. The van der Waals surface area contributed by atoms with Gasteiger partial charge < -0.3 is 19.3 Å². The van der Waals surface area contributed by atoms with Gasteiger partial charge in [0.15, 0.2) is 0 Å². The molecule has 40 heavy (non-hydrogen) atoms. The van der Waals surface area contributed by atoms with Crippen molar-refractivity contribution in [3.8, 4) is 5.75 Å². The van der Waals surface area contributed by atoms with Crippen LogP contribution >= 0.6 is 11.6 Å². The molecule has 3 aromatic carbocycles. The van der Waals surface area contributed by atoms with Gasteiger partial charge in [-0.15, -0.1) is 0 Å². The molecule has 0 N–H and O–H groups in total.